The number of hydrogen-bond donors (Lipinski definition) is 9. The first-order chi connectivity index (χ1) is 13.9. The first-order valence-corrected chi connectivity index (χ1v) is 9.52. The van der Waals surface area contributed by atoms with E-state index in [-0.39, 0.29) is 0 Å². The third kappa shape index (κ3) is 4.39. The van der Waals surface area contributed by atoms with Crippen LogP contribution >= 0.6 is 0 Å². The highest BCUT2D eigenvalue weighted by Crippen LogP contribution is 2.36. The molecule has 0 aliphatic carbocycles. The lowest BCUT2D eigenvalue weighted by Gasteiger charge is -2.50. The number of hydrogen-bond acceptors (Lipinski definition) is 13. The molecule has 2 fully saturated rings. The lowest BCUT2D eigenvalue weighted by atomic mass is 9.78. The molecule has 1 unspecified atom stereocenters. The van der Waals surface area contributed by atoms with E-state index in [4.69, 9.17) is 19.9 Å². The number of carbonyl (C=O) groups excluding carboxylic acids is 1. The van der Waals surface area contributed by atoms with Gasteiger partial charge in [-0.1, -0.05) is 13.8 Å². The van der Waals surface area contributed by atoms with Crippen LogP contribution in [0.5, 0.6) is 0 Å². The SMILES string of the molecule is CC(C)[C@H](N)C(=O)[C@]1(O)[C@H](O[C@H]2[C@H](O)[C@@H](O)C(O)O[C@@H]2CO)O[C@H](CO)[C@H](O)[C@@H]1O. The molecule has 10 N–H and O–H groups in total. The Labute approximate surface area is 172 Å². The van der Waals surface area contributed by atoms with Crippen molar-refractivity contribution in [1.29, 1.82) is 0 Å². The fourth-order valence-corrected chi connectivity index (χ4v) is 3.44. The normalized spacial score (nSPS) is 46.1. The van der Waals surface area contributed by atoms with E-state index >= 15 is 0 Å². The average molecular weight is 441 g/mol. The van der Waals surface area contributed by atoms with E-state index in [2.05, 4.69) is 0 Å². The molecule has 0 aromatic rings. The predicted molar refractivity (Wildman–Crippen MR) is 95.4 cm³/mol. The van der Waals surface area contributed by atoms with E-state index in [1.807, 2.05) is 0 Å². The minimum absolute atomic E-state index is 0.493. The Bertz CT molecular complexity index is 591. The maximum absolute atomic E-state index is 12.9. The van der Waals surface area contributed by atoms with Crippen LogP contribution in [0.2, 0.25) is 0 Å². The van der Waals surface area contributed by atoms with Gasteiger partial charge in [-0.2, -0.15) is 0 Å². The molecule has 13 heteroatoms. The van der Waals surface area contributed by atoms with Crippen LogP contribution in [0.1, 0.15) is 13.8 Å². The highest BCUT2D eigenvalue weighted by Gasteiger charge is 2.62. The van der Waals surface area contributed by atoms with Gasteiger partial charge in [-0.3, -0.25) is 4.79 Å². The van der Waals surface area contributed by atoms with Gasteiger partial charge in [0.2, 0.25) is 5.60 Å². The molecule has 0 aromatic carbocycles. The molecule has 2 rings (SSSR count). The molecule has 0 amide bonds. The third-order valence-electron chi connectivity index (χ3n) is 5.53. The number of ether oxygens (including phenoxy) is 3. The van der Waals surface area contributed by atoms with Gasteiger partial charge in [-0.15, -0.1) is 0 Å². The summed E-state index contributed by atoms with van der Waals surface area (Å²) in [6, 6.07) is -1.31. The first-order valence-electron chi connectivity index (χ1n) is 9.52. The second-order valence-corrected chi connectivity index (χ2v) is 7.91. The Balaban J connectivity index is 2.42. The van der Waals surface area contributed by atoms with Gasteiger partial charge in [0.1, 0.15) is 42.7 Å². The van der Waals surface area contributed by atoms with E-state index in [0.717, 1.165) is 0 Å². The number of nitrogens with two attached hydrogens (primary N) is 1. The number of carbonyl (C=O) groups is 1. The number of rotatable bonds is 7. The molecule has 30 heavy (non-hydrogen) atoms. The summed E-state index contributed by atoms with van der Waals surface area (Å²) in [6.45, 7) is 1.52. The lowest BCUT2D eigenvalue weighted by molar-refractivity contribution is -0.370. The van der Waals surface area contributed by atoms with Crippen LogP contribution < -0.4 is 5.73 Å². The summed E-state index contributed by atoms with van der Waals surface area (Å²) in [6.07, 6.45) is -16.3. The molecule has 13 nitrogen and oxygen atoms in total. The monoisotopic (exact) mass is 441 g/mol. The molecule has 11 atom stereocenters. The standard InChI is InChI=1S/C17H31NO12/c1-5(2)8(18)13(24)17(27)14(25)9(21)6(3-19)29-16(17)30-12-7(4-20)28-15(26)11(23)10(12)22/h5-12,14-16,19-23,25-27H,3-4,18H2,1-2H3/t6-,7-,8+,9+,10-,11-,12-,14+,15?,16+,17-/m1/s1. The van der Waals surface area contributed by atoms with E-state index in [0.29, 0.717) is 0 Å². The van der Waals surface area contributed by atoms with Crippen LogP contribution in [-0.4, -0.2) is 127 Å². The average Bonchev–Trinajstić information content (AvgIpc) is 2.72. The van der Waals surface area contributed by atoms with E-state index in [9.17, 15) is 45.6 Å². The highest BCUT2D eigenvalue weighted by atomic mass is 16.7. The van der Waals surface area contributed by atoms with Crippen LogP contribution in [0.3, 0.4) is 0 Å². The Morgan fingerprint density at radius 2 is 1.57 bits per heavy atom. The topological polar surface area (TPSA) is 233 Å². The molecule has 0 spiro atoms. The van der Waals surface area contributed by atoms with Gasteiger partial charge in [-0.25, -0.2) is 0 Å². The summed E-state index contributed by atoms with van der Waals surface area (Å²) in [5.41, 5.74) is 2.88. The molecule has 2 saturated heterocycles. The minimum atomic E-state index is -2.94. The Kier molecular flexibility index (Phi) is 8.29. The third-order valence-corrected chi connectivity index (χ3v) is 5.53. The van der Waals surface area contributed by atoms with Gasteiger partial charge < -0.3 is 60.8 Å². The molecule has 2 aliphatic heterocycles. The fourth-order valence-electron chi connectivity index (χ4n) is 3.44. The van der Waals surface area contributed by atoms with Crippen molar-refractivity contribution in [2.45, 2.75) is 80.8 Å². The number of Topliss-reactive ketones (excluding diaryl/α,β-unsaturated/α-hetero) is 1. The van der Waals surface area contributed by atoms with Crippen molar-refractivity contribution in [3.63, 3.8) is 0 Å². The molecule has 0 saturated carbocycles. The van der Waals surface area contributed by atoms with Gasteiger partial charge >= 0.3 is 0 Å². The van der Waals surface area contributed by atoms with E-state index < -0.39 is 91.9 Å². The largest absolute Gasteiger partial charge is 0.394 e. The molecular formula is C17H31NO12. The van der Waals surface area contributed by atoms with Crippen LogP contribution in [0.25, 0.3) is 0 Å². The van der Waals surface area contributed by atoms with Crippen LogP contribution in [-0.2, 0) is 19.0 Å². The summed E-state index contributed by atoms with van der Waals surface area (Å²) in [5.74, 6) is -1.63. The molecule has 0 bridgehead atoms. The second-order valence-electron chi connectivity index (χ2n) is 7.91. The molecule has 0 aromatic heterocycles. The summed E-state index contributed by atoms with van der Waals surface area (Å²) in [5, 5.41) is 80.3. The van der Waals surface area contributed by atoms with Crippen molar-refractivity contribution in [2.75, 3.05) is 13.2 Å². The van der Waals surface area contributed by atoms with Crippen LogP contribution in [0.4, 0.5) is 0 Å². The number of aliphatic hydroxyl groups is 8. The molecular weight excluding hydrogens is 410 g/mol. The Morgan fingerprint density at radius 1 is 1.00 bits per heavy atom. The zero-order valence-electron chi connectivity index (χ0n) is 16.6. The fraction of sp³-hybridized carbons (Fsp3) is 0.941. The number of ketones is 1. The zero-order chi connectivity index (χ0) is 23.0. The summed E-state index contributed by atoms with van der Waals surface area (Å²) in [7, 11) is 0. The molecule has 2 aliphatic rings. The zero-order valence-corrected chi connectivity index (χ0v) is 16.6. The van der Waals surface area contributed by atoms with Gasteiger partial charge in [0.25, 0.3) is 0 Å². The van der Waals surface area contributed by atoms with Crippen molar-refractivity contribution < 1.29 is 59.9 Å². The van der Waals surface area contributed by atoms with Gasteiger partial charge in [0.05, 0.1) is 19.3 Å². The van der Waals surface area contributed by atoms with Crippen molar-refractivity contribution in [2.24, 2.45) is 11.7 Å². The predicted octanol–water partition coefficient (Wildman–Crippen LogP) is -5.47. The van der Waals surface area contributed by atoms with Crippen LogP contribution in [0, 0.1) is 5.92 Å². The highest BCUT2D eigenvalue weighted by molar-refractivity contribution is 5.93. The quantitative estimate of drug-likeness (QED) is 0.180. The Hall–Kier alpha value is -0.810. The number of aliphatic hydroxyl groups excluding tert-OH is 7. The maximum Gasteiger partial charge on any atom is 0.204 e. The minimum Gasteiger partial charge on any atom is -0.394 e. The molecule has 0 radical (unpaired) electrons. The summed E-state index contributed by atoms with van der Waals surface area (Å²) < 4.78 is 15.7. The van der Waals surface area contributed by atoms with Gasteiger partial charge in [0.15, 0.2) is 18.4 Å². The van der Waals surface area contributed by atoms with E-state index in [1.54, 1.807) is 13.8 Å². The first kappa shape index (κ1) is 25.5. The van der Waals surface area contributed by atoms with Gasteiger partial charge in [0, 0.05) is 0 Å². The van der Waals surface area contributed by atoms with Crippen molar-refractivity contribution in [1.82, 2.24) is 0 Å². The van der Waals surface area contributed by atoms with Crippen LogP contribution in [0.15, 0.2) is 0 Å². The lowest BCUT2D eigenvalue weighted by Crippen LogP contribution is -2.74. The summed E-state index contributed by atoms with van der Waals surface area (Å²) in [4.78, 5) is 12.9. The van der Waals surface area contributed by atoms with Crippen molar-refractivity contribution in [3.8, 4) is 0 Å². The van der Waals surface area contributed by atoms with Crippen molar-refractivity contribution >= 4 is 5.78 Å². The maximum atomic E-state index is 12.9. The van der Waals surface area contributed by atoms with E-state index in [1.165, 1.54) is 0 Å². The molecule has 176 valence electrons. The van der Waals surface area contributed by atoms with Gasteiger partial charge in [-0.05, 0) is 5.92 Å². The smallest absolute Gasteiger partial charge is 0.204 e. The summed E-state index contributed by atoms with van der Waals surface area (Å²) >= 11 is 0. The second kappa shape index (κ2) is 9.77. The van der Waals surface area contributed by atoms with Crippen molar-refractivity contribution in [3.05, 3.63) is 0 Å². The Morgan fingerprint density at radius 3 is 2.07 bits per heavy atom. The molecule has 2 heterocycles.